The average molecular weight is 501 g/mol. The first-order valence-electron chi connectivity index (χ1n) is 12.4. The summed E-state index contributed by atoms with van der Waals surface area (Å²) in [5.74, 6) is 0.881. The second-order valence-corrected chi connectivity index (χ2v) is 9.88. The normalized spacial score (nSPS) is 14.6. The van der Waals surface area contributed by atoms with E-state index in [-0.39, 0.29) is 11.8 Å². The van der Waals surface area contributed by atoms with E-state index in [1.807, 2.05) is 18.2 Å². The van der Waals surface area contributed by atoms with E-state index in [0.29, 0.717) is 23.2 Å². The van der Waals surface area contributed by atoms with Crippen LogP contribution in [-0.2, 0) is 17.6 Å². The van der Waals surface area contributed by atoms with Gasteiger partial charge < -0.3 is 5.32 Å². The van der Waals surface area contributed by atoms with Crippen molar-refractivity contribution in [2.24, 2.45) is 5.92 Å². The molecule has 1 aliphatic carbocycles. The Morgan fingerprint density at radius 3 is 2.61 bits per heavy atom. The lowest BCUT2D eigenvalue weighted by atomic mass is 9.83. The third kappa shape index (κ3) is 5.46. The highest BCUT2D eigenvalue weighted by Crippen LogP contribution is 2.39. The summed E-state index contributed by atoms with van der Waals surface area (Å²) in [5.41, 5.74) is 6.13. The molecule has 4 aromatic rings. The maximum Gasteiger partial charge on any atom is 0.232 e. The zero-order chi connectivity index (χ0) is 24.9. The molecule has 1 unspecified atom stereocenters. The standard InChI is InChI=1S/C28H29ClN6O/c1-18-19(13-14-26-32-34-35-33-26)7-4-8-25(18)31-28(36)27(21-5-2-3-6-21)22-11-9-20(10-12-22)23-15-24(29)17-30-16-23/h4,7-12,15-17,21,27H,2-3,5-6,13-14H2,1H3,(H,31,36)(H,32,33,34,35). The first kappa shape index (κ1) is 24.1. The molecule has 1 aliphatic rings. The Balaban J connectivity index is 1.36. The lowest BCUT2D eigenvalue weighted by Crippen LogP contribution is -2.27. The number of H-pyrrole nitrogens is 1. The third-order valence-electron chi connectivity index (χ3n) is 7.17. The second-order valence-electron chi connectivity index (χ2n) is 9.44. The van der Waals surface area contributed by atoms with Gasteiger partial charge >= 0.3 is 0 Å². The summed E-state index contributed by atoms with van der Waals surface area (Å²) >= 11 is 6.12. The molecule has 1 atom stereocenters. The van der Waals surface area contributed by atoms with Gasteiger partial charge in [0.15, 0.2) is 5.82 Å². The van der Waals surface area contributed by atoms with Crippen LogP contribution >= 0.6 is 11.6 Å². The lowest BCUT2D eigenvalue weighted by Gasteiger charge is -2.24. The summed E-state index contributed by atoms with van der Waals surface area (Å²) in [7, 11) is 0. The number of halogens is 1. The van der Waals surface area contributed by atoms with Gasteiger partial charge in [0.25, 0.3) is 0 Å². The van der Waals surface area contributed by atoms with Gasteiger partial charge in [-0.25, -0.2) is 0 Å². The van der Waals surface area contributed by atoms with Gasteiger partial charge in [0, 0.05) is 30.1 Å². The van der Waals surface area contributed by atoms with Crippen LogP contribution in [0.3, 0.4) is 0 Å². The van der Waals surface area contributed by atoms with Crippen molar-refractivity contribution >= 4 is 23.2 Å². The molecule has 0 spiro atoms. The van der Waals surface area contributed by atoms with Crippen LogP contribution in [0, 0.1) is 12.8 Å². The van der Waals surface area contributed by atoms with Gasteiger partial charge in [-0.05, 0) is 66.5 Å². The molecule has 8 heteroatoms. The predicted molar refractivity (Wildman–Crippen MR) is 141 cm³/mol. The Morgan fingerprint density at radius 2 is 1.89 bits per heavy atom. The number of aryl methyl sites for hydroxylation is 2. The van der Waals surface area contributed by atoms with Gasteiger partial charge in [-0.2, -0.15) is 5.21 Å². The van der Waals surface area contributed by atoms with Gasteiger partial charge in [0.2, 0.25) is 5.91 Å². The van der Waals surface area contributed by atoms with Gasteiger partial charge in [0.1, 0.15) is 0 Å². The zero-order valence-electron chi connectivity index (χ0n) is 20.2. The van der Waals surface area contributed by atoms with E-state index in [2.05, 4.69) is 68.2 Å². The molecular formula is C28H29ClN6O. The van der Waals surface area contributed by atoms with E-state index in [1.54, 1.807) is 12.4 Å². The second kappa shape index (κ2) is 11.0. The number of benzene rings is 2. The molecule has 0 saturated heterocycles. The monoisotopic (exact) mass is 500 g/mol. The van der Waals surface area contributed by atoms with Gasteiger partial charge in [-0.3, -0.25) is 9.78 Å². The number of amides is 1. The number of hydrogen-bond acceptors (Lipinski definition) is 5. The molecule has 2 aromatic heterocycles. The van der Waals surface area contributed by atoms with Gasteiger partial charge in [-0.15, -0.1) is 10.2 Å². The molecule has 1 fully saturated rings. The van der Waals surface area contributed by atoms with Crippen molar-refractivity contribution in [2.75, 3.05) is 5.32 Å². The summed E-state index contributed by atoms with van der Waals surface area (Å²) < 4.78 is 0. The van der Waals surface area contributed by atoms with E-state index in [9.17, 15) is 4.79 Å². The number of carbonyl (C=O) groups is 1. The van der Waals surface area contributed by atoms with Crippen LogP contribution < -0.4 is 5.32 Å². The molecule has 7 nitrogen and oxygen atoms in total. The fraction of sp³-hybridized carbons (Fsp3) is 0.321. The van der Waals surface area contributed by atoms with E-state index in [1.165, 1.54) is 12.8 Å². The summed E-state index contributed by atoms with van der Waals surface area (Å²) in [4.78, 5) is 17.9. The minimum absolute atomic E-state index is 0.0532. The molecule has 0 bridgehead atoms. The average Bonchev–Trinajstić information content (AvgIpc) is 3.60. The molecule has 2 heterocycles. The number of hydrogen-bond donors (Lipinski definition) is 2. The van der Waals surface area contributed by atoms with Crippen LogP contribution in [0.15, 0.2) is 60.9 Å². The van der Waals surface area contributed by atoms with Crippen molar-refractivity contribution in [3.63, 3.8) is 0 Å². The fourth-order valence-electron chi connectivity index (χ4n) is 5.22. The van der Waals surface area contributed by atoms with Crippen LogP contribution in [-0.4, -0.2) is 31.5 Å². The topological polar surface area (TPSA) is 96.5 Å². The molecule has 0 aliphatic heterocycles. The fourth-order valence-corrected chi connectivity index (χ4v) is 5.39. The highest BCUT2D eigenvalue weighted by atomic mass is 35.5. The molecule has 5 rings (SSSR count). The van der Waals surface area contributed by atoms with Crippen LogP contribution in [0.4, 0.5) is 5.69 Å². The maximum absolute atomic E-state index is 13.7. The van der Waals surface area contributed by atoms with E-state index >= 15 is 0 Å². The highest BCUT2D eigenvalue weighted by molar-refractivity contribution is 6.30. The SMILES string of the molecule is Cc1c(CCc2nn[nH]n2)cccc1NC(=O)C(c1ccc(-c2cncc(Cl)c2)cc1)C1CCCC1. The number of aromatic amines is 1. The minimum atomic E-state index is -0.193. The van der Waals surface area contributed by atoms with Gasteiger partial charge in [0.05, 0.1) is 10.9 Å². The summed E-state index contributed by atoms with van der Waals surface area (Å²) in [6, 6.07) is 16.2. The van der Waals surface area contributed by atoms with E-state index in [4.69, 9.17) is 11.6 Å². The molecule has 36 heavy (non-hydrogen) atoms. The Kier molecular flexibility index (Phi) is 7.37. The quantitative estimate of drug-likeness (QED) is 0.313. The number of anilines is 1. The van der Waals surface area contributed by atoms with Crippen LogP contribution in [0.1, 0.15) is 54.1 Å². The summed E-state index contributed by atoms with van der Waals surface area (Å²) in [6.07, 6.45) is 9.38. The van der Waals surface area contributed by atoms with Crippen LogP contribution in [0.25, 0.3) is 11.1 Å². The van der Waals surface area contributed by atoms with Crippen molar-refractivity contribution in [1.29, 1.82) is 0 Å². The van der Waals surface area contributed by atoms with Gasteiger partial charge in [-0.1, -0.05) is 66.1 Å². The highest BCUT2D eigenvalue weighted by Gasteiger charge is 2.32. The molecule has 1 saturated carbocycles. The molecule has 1 amide bonds. The van der Waals surface area contributed by atoms with Crippen molar-refractivity contribution in [3.8, 4) is 11.1 Å². The smallest absolute Gasteiger partial charge is 0.232 e. The van der Waals surface area contributed by atoms with E-state index < -0.39 is 0 Å². The zero-order valence-corrected chi connectivity index (χ0v) is 21.0. The Bertz CT molecular complexity index is 1320. The Hall–Kier alpha value is -3.58. The number of nitrogens with one attached hydrogen (secondary N) is 2. The Morgan fingerprint density at radius 1 is 1.08 bits per heavy atom. The predicted octanol–water partition coefficient (Wildman–Crippen LogP) is 5.92. The first-order chi connectivity index (χ1) is 17.6. The Labute approximate surface area is 215 Å². The number of rotatable bonds is 8. The largest absolute Gasteiger partial charge is 0.325 e. The van der Waals surface area contributed by atoms with Crippen LogP contribution in [0.2, 0.25) is 5.02 Å². The van der Waals surface area contributed by atoms with Crippen molar-refractivity contribution in [2.45, 2.75) is 51.4 Å². The molecular weight excluding hydrogens is 472 g/mol. The molecule has 0 radical (unpaired) electrons. The first-order valence-corrected chi connectivity index (χ1v) is 12.8. The number of tetrazole rings is 1. The number of aromatic nitrogens is 5. The van der Waals surface area contributed by atoms with Crippen molar-refractivity contribution in [3.05, 3.63) is 88.5 Å². The number of pyridine rings is 1. The maximum atomic E-state index is 13.7. The molecule has 2 aromatic carbocycles. The van der Waals surface area contributed by atoms with Crippen molar-refractivity contribution in [1.82, 2.24) is 25.6 Å². The molecule has 184 valence electrons. The summed E-state index contributed by atoms with van der Waals surface area (Å²) in [6.45, 7) is 2.06. The third-order valence-corrected chi connectivity index (χ3v) is 7.38. The number of carbonyl (C=O) groups excluding carboxylic acids is 1. The number of nitrogens with zero attached hydrogens (tertiary/aromatic N) is 4. The lowest BCUT2D eigenvalue weighted by molar-refractivity contribution is -0.118. The van der Waals surface area contributed by atoms with Crippen molar-refractivity contribution < 1.29 is 4.79 Å². The minimum Gasteiger partial charge on any atom is -0.325 e. The summed E-state index contributed by atoms with van der Waals surface area (Å²) in [5, 5.41) is 18.0. The van der Waals surface area contributed by atoms with E-state index in [0.717, 1.165) is 52.8 Å². The van der Waals surface area contributed by atoms with Crippen LogP contribution in [0.5, 0.6) is 0 Å². The molecule has 2 N–H and O–H groups in total.